The van der Waals surface area contributed by atoms with Crippen molar-refractivity contribution in [3.63, 3.8) is 0 Å². The van der Waals surface area contributed by atoms with Gasteiger partial charge in [-0.25, -0.2) is 4.39 Å². The van der Waals surface area contributed by atoms with E-state index in [0.717, 1.165) is 39.9 Å². The normalized spacial score (nSPS) is 12.0. The molecule has 0 aliphatic heterocycles. The molecular formula is C24H27FNO3P. The Morgan fingerprint density at radius 2 is 1.57 bits per heavy atom. The molecule has 3 rings (SSSR count). The standard InChI is InChI=1S/C24H27FNO3P/c1-16-11-22(26-9-10-30(28)29)12-17(2)23(16)15-19-5-8-24(27)20(14-19)13-18-3-6-21(25)7-4-18/h3-8,11-12,14,26-27,30H,9-10,13,15H2,1-2H3,(H,28,29). The van der Waals surface area contributed by atoms with Crippen LogP contribution in [0.4, 0.5) is 10.1 Å². The average Bonchev–Trinajstić information content (AvgIpc) is 2.68. The fraction of sp³-hybridized carbons (Fsp3) is 0.250. The summed E-state index contributed by atoms with van der Waals surface area (Å²) in [4.78, 5) is 8.97. The molecule has 0 saturated heterocycles. The summed E-state index contributed by atoms with van der Waals surface area (Å²) in [5, 5.41) is 13.5. The Bertz CT molecular complexity index is 1030. The summed E-state index contributed by atoms with van der Waals surface area (Å²) in [5.41, 5.74) is 7.29. The lowest BCUT2D eigenvalue weighted by molar-refractivity contribution is 0.469. The molecular weight excluding hydrogens is 400 g/mol. The second-order valence-corrected chi connectivity index (χ2v) is 8.89. The van der Waals surface area contributed by atoms with E-state index in [1.807, 2.05) is 12.1 Å². The van der Waals surface area contributed by atoms with E-state index in [9.17, 15) is 14.1 Å². The minimum absolute atomic E-state index is 0.235. The SMILES string of the molecule is Cc1cc(NCC[PH](=O)O)cc(C)c1Cc1ccc(O)c(Cc2ccc(F)cc2)c1. The first-order chi connectivity index (χ1) is 14.3. The molecule has 3 N–H and O–H groups in total. The minimum Gasteiger partial charge on any atom is -0.508 e. The molecule has 4 nitrogen and oxygen atoms in total. The van der Waals surface area contributed by atoms with Gasteiger partial charge < -0.3 is 15.3 Å². The molecule has 3 aromatic carbocycles. The topological polar surface area (TPSA) is 69.6 Å². The van der Waals surface area contributed by atoms with Gasteiger partial charge in [0.25, 0.3) is 0 Å². The number of rotatable bonds is 8. The lowest BCUT2D eigenvalue weighted by Gasteiger charge is -2.15. The van der Waals surface area contributed by atoms with Gasteiger partial charge in [-0.2, -0.15) is 0 Å². The van der Waals surface area contributed by atoms with Gasteiger partial charge in [0.1, 0.15) is 11.6 Å². The number of benzene rings is 3. The molecule has 1 atom stereocenters. The van der Waals surface area contributed by atoms with E-state index in [0.29, 0.717) is 13.0 Å². The largest absolute Gasteiger partial charge is 0.508 e. The summed E-state index contributed by atoms with van der Waals surface area (Å²) in [5.74, 6) is -0.0365. The predicted molar refractivity (Wildman–Crippen MR) is 121 cm³/mol. The Kier molecular flexibility index (Phi) is 7.30. The molecule has 0 saturated carbocycles. The lowest BCUT2D eigenvalue weighted by atomic mass is 9.93. The van der Waals surface area contributed by atoms with Gasteiger partial charge in [-0.3, -0.25) is 4.57 Å². The van der Waals surface area contributed by atoms with Crippen LogP contribution in [0.25, 0.3) is 0 Å². The van der Waals surface area contributed by atoms with Gasteiger partial charge in [0.2, 0.25) is 0 Å². The molecule has 0 heterocycles. The van der Waals surface area contributed by atoms with Crippen molar-refractivity contribution in [1.29, 1.82) is 0 Å². The van der Waals surface area contributed by atoms with E-state index < -0.39 is 8.03 Å². The van der Waals surface area contributed by atoms with Crippen molar-refractivity contribution in [2.24, 2.45) is 0 Å². The summed E-state index contributed by atoms with van der Waals surface area (Å²) >= 11 is 0. The molecule has 30 heavy (non-hydrogen) atoms. The van der Waals surface area contributed by atoms with Crippen LogP contribution < -0.4 is 5.32 Å². The smallest absolute Gasteiger partial charge is 0.190 e. The van der Waals surface area contributed by atoms with Crippen LogP contribution >= 0.6 is 8.03 Å². The molecule has 0 aromatic heterocycles. The van der Waals surface area contributed by atoms with Gasteiger partial charge in [-0.05, 0) is 84.0 Å². The van der Waals surface area contributed by atoms with Crippen LogP contribution in [-0.2, 0) is 17.4 Å². The van der Waals surface area contributed by atoms with Gasteiger partial charge in [-0.1, -0.05) is 24.3 Å². The molecule has 6 heteroatoms. The highest BCUT2D eigenvalue weighted by Crippen LogP contribution is 2.27. The van der Waals surface area contributed by atoms with Gasteiger partial charge in [0.15, 0.2) is 8.03 Å². The zero-order valence-corrected chi connectivity index (χ0v) is 18.2. The Hall–Kier alpha value is -2.62. The first kappa shape index (κ1) is 22.1. The molecule has 158 valence electrons. The molecule has 0 amide bonds. The molecule has 1 unspecified atom stereocenters. The van der Waals surface area contributed by atoms with E-state index in [-0.39, 0.29) is 17.7 Å². The van der Waals surface area contributed by atoms with Gasteiger partial charge in [0, 0.05) is 24.8 Å². The maximum atomic E-state index is 13.1. The molecule has 0 bridgehead atoms. The fourth-order valence-electron chi connectivity index (χ4n) is 3.60. The van der Waals surface area contributed by atoms with Gasteiger partial charge in [0.05, 0.1) is 0 Å². The van der Waals surface area contributed by atoms with Crippen LogP contribution in [0, 0.1) is 19.7 Å². The summed E-state index contributed by atoms with van der Waals surface area (Å²) in [6.45, 7) is 4.58. The summed E-state index contributed by atoms with van der Waals surface area (Å²) in [6.07, 6.45) is 1.53. The Labute approximate surface area is 177 Å². The highest BCUT2D eigenvalue weighted by Gasteiger charge is 2.10. The summed E-state index contributed by atoms with van der Waals surface area (Å²) < 4.78 is 24.0. The highest BCUT2D eigenvalue weighted by atomic mass is 31.1. The minimum atomic E-state index is -2.46. The number of nitrogens with one attached hydrogen (secondary N) is 1. The zero-order chi connectivity index (χ0) is 21.7. The second kappa shape index (κ2) is 9.92. The van der Waals surface area contributed by atoms with Crippen molar-refractivity contribution in [2.45, 2.75) is 26.7 Å². The molecule has 0 aliphatic carbocycles. The average molecular weight is 427 g/mol. The van der Waals surface area contributed by atoms with Crippen molar-refractivity contribution in [3.05, 3.63) is 93.8 Å². The van der Waals surface area contributed by atoms with E-state index in [4.69, 9.17) is 4.89 Å². The van der Waals surface area contributed by atoms with Crippen molar-refractivity contribution in [2.75, 3.05) is 18.0 Å². The predicted octanol–water partition coefficient (Wildman–Crippen LogP) is 5.21. The first-order valence-corrected chi connectivity index (χ1v) is 11.5. The molecule has 0 spiro atoms. The highest BCUT2D eigenvalue weighted by molar-refractivity contribution is 7.38. The number of aromatic hydroxyl groups is 1. The summed E-state index contributed by atoms with van der Waals surface area (Å²) in [7, 11) is -2.46. The van der Waals surface area contributed by atoms with E-state index >= 15 is 0 Å². The maximum Gasteiger partial charge on any atom is 0.190 e. The third-order valence-corrected chi connectivity index (χ3v) is 5.87. The number of anilines is 1. The Morgan fingerprint density at radius 3 is 2.20 bits per heavy atom. The van der Waals surface area contributed by atoms with Crippen LogP contribution in [0.1, 0.15) is 33.4 Å². The fourth-order valence-corrected chi connectivity index (χ4v) is 3.94. The number of hydrogen-bond acceptors (Lipinski definition) is 3. The number of halogens is 1. The third-order valence-electron chi connectivity index (χ3n) is 5.20. The number of phenols is 1. The van der Waals surface area contributed by atoms with Crippen LogP contribution in [0.15, 0.2) is 54.6 Å². The summed E-state index contributed by atoms with van der Waals surface area (Å²) in [6, 6.07) is 16.1. The number of aryl methyl sites for hydroxylation is 2. The molecule has 3 aromatic rings. The Morgan fingerprint density at radius 1 is 0.933 bits per heavy atom. The van der Waals surface area contributed by atoms with Crippen LogP contribution in [0.2, 0.25) is 0 Å². The zero-order valence-electron chi connectivity index (χ0n) is 17.2. The number of phenolic OH excluding ortho intramolecular Hbond substituents is 1. The molecule has 0 fully saturated rings. The first-order valence-electron chi connectivity index (χ1n) is 9.93. The van der Waals surface area contributed by atoms with Gasteiger partial charge in [-0.15, -0.1) is 0 Å². The van der Waals surface area contributed by atoms with Crippen molar-refractivity contribution >= 4 is 13.7 Å². The maximum absolute atomic E-state index is 13.1. The van der Waals surface area contributed by atoms with Gasteiger partial charge >= 0.3 is 0 Å². The number of hydrogen-bond donors (Lipinski definition) is 3. The Balaban J connectivity index is 1.77. The molecule has 0 radical (unpaired) electrons. The lowest BCUT2D eigenvalue weighted by Crippen LogP contribution is -2.06. The van der Waals surface area contributed by atoms with E-state index in [1.54, 1.807) is 18.2 Å². The van der Waals surface area contributed by atoms with E-state index in [2.05, 4.69) is 31.3 Å². The quantitative estimate of drug-likeness (QED) is 0.432. The van der Waals surface area contributed by atoms with Crippen molar-refractivity contribution in [3.8, 4) is 5.75 Å². The van der Waals surface area contributed by atoms with Crippen LogP contribution in [-0.4, -0.2) is 22.7 Å². The molecule has 0 aliphatic rings. The van der Waals surface area contributed by atoms with Crippen molar-refractivity contribution < 1.29 is 19.0 Å². The van der Waals surface area contributed by atoms with Crippen LogP contribution in [0.5, 0.6) is 5.75 Å². The van der Waals surface area contributed by atoms with Crippen molar-refractivity contribution in [1.82, 2.24) is 0 Å². The van der Waals surface area contributed by atoms with E-state index in [1.165, 1.54) is 17.7 Å². The monoisotopic (exact) mass is 427 g/mol. The second-order valence-electron chi connectivity index (χ2n) is 7.60. The van der Waals surface area contributed by atoms with Crippen LogP contribution in [0.3, 0.4) is 0 Å². The third kappa shape index (κ3) is 5.94.